The molecule has 0 unspecified atom stereocenters. The summed E-state index contributed by atoms with van der Waals surface area (Å²) < 4.78 is 1.64. The molecule has 94 valence electrons. The zero-order chi connectivity index (χ0) is 13.4. The molecule has 0 bridgehead atoms. The number of hydrogen-bond acceptors (Lipinski definition) is 3. The maximum Gasteiger partial charge on any atom is 0.335 e. The van der Waals surface area contributed by atoms with Gasteiger partial charge >= 0.3 is 5.97 Å². The molecule has 3 rings (SSSR count). The third-order valence-corrected chi connectivity index (χ3v) is 3.02. The third kappa shape index (κ3) is 2.04. The topological polar surface area (TPSA) is 68.0 Å². The van der Waals surface area contributed by atoms with Crippen molar-refractivity contribution in [3.8, 4) is 5.69 Å². The molecule has 0 aliphatic heterocycles. The summed E-state index contributed by atoms with van der Waals surface area (Å²) in [4.78, 5) is 10.9. The molecule has 0 atom stereocenters. The Labute approximate surface area is 113 Å². The molecule has 19 heavy (non-hydrogen) atoms. The number of halogens is 1. The van der Waals surface area contributed by atoms with E-state index in [0.29, 0.717) is 10.5 Å². The van der Waals surface area contributed by atoms with E-state index in [4.69, 9.17) is 16.7 Å². The molecular weight excluding hydrogens is 266 g/mol. The standard InChI is InChI=1S/C13H8ClN3O2/c14-9-2-4-10(5-3-9)17-12-6-1-8(13(18)19)7-11(12)15-16-17/h1-7H,(H,18,19). The van der Waals surface area contributed by atoms with Gasteiger partial charge in [-0.05, 0) is 42.5 Å². The van der Waals surface area contributed by atoms with Crippen LogP contribution in [-0.4, -0.2) is 26.1 Å². The molecule has 0 radical (unpaired) electrons. The van der Waals surface area contributed by atoms with Crippen LogP contribution in [0.3, 0.4) is 0 Å². The summed E-state index contributed by atoms with van der Waals surface area (Å²) >= 11 is 5.84. The predicted octanol–water partition coefficient (Wildman–Crippen LogP) is 2.77. The van der Waals surface area contributed by atoms with Gasteiger partial charge in [-0.2, -0.15) is 0 Å². The molecule has 0 spiro atoms. The van der Waals surface area contributed by atoms with Gasteiger partial charge in [0.2, 0.25) is 0 Å². The molecule has 0 saturated carbocycles. The molecule has 0 saturated heterocycles. The number of benzene rings is 2. The fourth-order valence-corrected chi connectivity index (χ4v) is 1.96. The van der Waals surface area contributed by atoms with Crippen molar-refractivity contribution in [2.45, 2.75) is 0 Å². The smallest absolute Gasteiger partial charge is 0.335 e. The van der Waals surface area contributed by atoms with Gasteiger partial charge in [0.15, 0.2) is 0 Å². The van der Waals surface area contributed by atoms with Crippen molar-refractivity contribution < 1.29 is 9.90 Å². The van der Waals surface area contributed by atoms with Gasteiger partial charge in [0.1, 0.15) is 5.52 Å². The maximum absolute atomic E-state index is 10.9. The molecule has 0 amide bonds. The normalized spacial score (nSPS) is 10.8. The SMILES string of the molecule is O=C(O)c1ccc2c(c1)nnn2-c1ccc(Cl)cc1. The summed E-state index contributed by atoms with van der Waals surface area (Å²) in [7, 11) is 0. The van der Waals surface area contributed by atoms with Crippen molar-refractivity contribution >= 4 is 28.6 Å². The molecular formula is C13H8ClN3O2. The van der Waals surface area contributed by atoms with Crippen molar-refractivity contribution in [1.82, 2.24) is 15.0 Å². The Morgan fingerprint density at radius 3 is 2.58 bits per heavy atom. The number of rotatable bonds is 2. The van der Waals surface area contributed by atoms with E-state index in [-0.39, 0.29) is 5.56 Å². The first-order valence-electron chi connectivity index (χ1n) is 5.50. The first-order chi connectivity index (χ1) is 9.15. The van der Waals surface area contributed by atoms with Gasteiger partial charge in [-0.3, -0.25) is 0 Å². The quantitative estimate of drug-likeness (QED) is 0.779. The zero-order valence-corrected chi connectivity index (χ0v) is 10.4. The monoisotopic (exact) mass is 273 g/mol. The lowest BCUT2D eigenvalue weighted by atomic mass is 10.2. The molecule has 1 N–H and O–H groups in total. The highest BCUT2D eigenvalue weighted by Crippen LogP contribution is 2.19. The fourth-order valence-electron chi connectivity index (χ4n) is 1.83. The van der Waals surface area contributed by atoms with Gasteiger partial charge in [0.25, 0.3) is 0 Å². The minimum atomic E-state index is -0.983. The van der Waals surface area contributed by atoms with Crippen molar-refractivity contribution in [2.75, 3.05) is 0 Å². The largest absolute Gasteiger partial charge is 0.478 e. The van der Waals surface area contributed by atoms with E-state index in [9.17, 15) is 4.79 Å². The highest BCUT2D eigenvalue weighted by molar-refractivity contribution is 6.30. The average molecular weight is 274 g/mol. The lowest BCUT2D eigenvalue weighted by Crippen LogP contribution is -1.97. The van der Waals surface area contributed by atoms with Crippen LogP contribution in [-0.2, 0) is 0 Å². The maximum atomic E-state index is 10.9. The minimum absolute atomic E-state index is 0.190. The first kappa shape index (κ1) is 11.7. The van der Waals surface area contributed by atoms with E-state index in [1.54, 1.807) is 22.9 Å². The van der Waals surface area contributed by atoms with E-state index >= 15 is 0 Å². The molecule has 5 nitrogen and oxygen atoms in total. The van der Waals surface area contributed by atoms with Crippen molar-refractivity contribution in [3.05, 3.63) is 53.1 Å². The number of hydrogen-bond donors (Lipinski definition) is 1. The highest BCUT2D eigenvalue weighted by Gasteiger charge is 2.10. The Hall–Kier alpha value is -2.40. The lowest BCUT2D eigenvalue weighted by Gasteiger charge is -2.02. The van der Waals surface area contributed by atoms with E-state index in [1.807, 2.05) is 12.1 Å². The zero-order valence-electron chi connectivity index (χ0n) is 9.62. The van der Waals surface area contributed by atoms with Crippen LogP contribution in [0, 0.1) is 0 Å². The van der Waals surface area contributed by atoms with Gasteiger partial charge in [0, 0.05) is 5.02 Å². The number of carboxylic acids is 1. The Morgan fingerprint density at radius 2 is 1.89 bits per heavy atom. The molecule has 6 heteroatoms. The second kappa shape index (κ2) is 4.37. The van der Waals surface area contributed by atoms with Crippen LogP contribution in [0.4, 0.5) is 0 Å². The van der Waals surface area contributed by atoms with Gasteiger partial charge in [-0.1, -0.05) is 16.8 Å². The predicted molar refractivity (Wildman–Crippen MR) is 70.8 cm³/mol. The van der Waals surface area contributed by atoms with Crippen LogP contribution >= 0.6 is 11.6 Å². The van der Waals surface area contributed by atoms with E-state index in [2.05, 4.69) is 10.3 Å². The summed E-state index contributed by atoms with van der Waals surface area (Å²) in [5.74, 6) is -0.983. The first-order valence-corrected chi connectivity index (χ1v) is 5.87. The lowest BCUT2D eigenvalue weighted by molar-refractivity contribution is 0.0697. The van der Waals surface area contributed by atoms with Crippen molar-refractivity contribution in [2.24, 2.45) is 0 Å². The third-order valence-electron chi connectivity index (χ3n) is 2.76. The Bertz CT molecular complexity index is 765. The number of nitrogens with zero attached hydrogens (tertiary/aromatic N) is 3. The molecule has 0 aliphatic rings. The van der Waals surface area contributed by atoms with Crippen LogP contribution in [0.1, 0.15) is 10.4 Å². The number of fused-ring (bicyclic) bond motifs is 1. The summed E-state index contributed by atoms with van der Waals surface area (Å²) in [5, 5.41) is 17.6. The molecule has 1 heterocycles. The van der Waals surface area contributed by atoms with Gasteiger partial charge < -0.3 is 5.11 Å². The average Bonchev–Trinajstić information content (AvgIpc) is 2.82. The van der Waals surface area contributed by atoms with Crippen LogP contribution in [0.2, 0.25) is 5.02 Å². The van der Waals surface area contributed by atoms with Crippen molar-refractivity contribution in [3.63, 3.8) is 0 Å². The fraction of sp³-hybridized carbons (Fsp3) is 0. The van der Waals surface area contributed by atoms with Crippen LogP contribution in [0.5, 0.6) is 0 Å². The van der Waals surface area contributed by atoms with Crippen LogP contribution in [0.15, 0.2) is 42.5 Å². The van der Waals surface area contributed by atoms with E-state index < -0.39 is 5.97 Å². The highest BCUT2D eigenvalue weighted by atomic mass is 35.5. The number of carboxylic acid groups (broad SMARTS) is 1. The van der Waals surface area contributed by atoms with Crippen LogP contribution in [0.25, 0.3) is 16.7 Å². The molecule has 3 aromatic rings. The number of aromatic nitrogens is 3. The number of carbonyl (C=O) groups is 1. The Balaban J connectivity index is 2.15. The number of aromatic carboxylic acids is 1. The van der Waals surface area contributed by atoms with E-state index in [0.717, 1.165) is 11.2 Å². The molecule has 1 aromatic heterocycles. The van der Waals surface area contributed by atoms with Gasteiger partial charge in [-0.15, -0.1) is 5.10 Å². The Kier molecular flexibility index (Phi) is 2.68. The molecule has 0 aliphatic carbocycles. The van der Waals surface area contributed by atoms with Crippen LogP contribution < -0.4 is 0 Å². The van der Waals surface area contributed by atoms with Gasteiger partial charge in [0.05, 0.1) is 16.8 Å². The summed E-state index contributed by atoms with van der Waals surface area (Å²) in [6, 6.07) is 11.9. The molecule has 2 aromatic carbocycles. The summed E-state index contributed by atoms with van der Waals surface area (Å²) in [5.41, 5.74) is 2.29. The summed E-state index contributed by atoms with van der Waals surface area (Å²) in [6.45, 7) is 0. The van der Waals surface area contributed by atoms with Crippen molar-refractivity contribution in [1.29, 1.82) is 0 Å². The minimum Gasteiger partial charge on any atom is -0.478 e. The summed E-state index contributed by atoms with van der Waals surface area (Å²) in [6.07, 6.45) is 0. The van der Waals surface area contributed by atoms with E-state index in [1.165, 1.54) is 12.1 Å². The van der Waals surface area contributed by atoms with Gasteiger partial charge in [-0.25, -0.2) is 9.48 Å². The molecule has 0 fully saturated rings. The second-order valence-corrected chi connectivity index (χ2v) is 4.42. The second-order valence-electron chi connectivity index (χ2n) is 3.99. The Morgan fingerprint density at radius 1 is 1.16 bits per heavy atom.